The Labute approximate surface area is 210 Å². The Morgan fingerprint density at radius 2 is 2.12 bits per heavy atom. The molecular weight excluding hydrogens is 472 g/mol. The van der Waals surface area contributed by atoms with Crippen molar-refractivity contribution in [3.05, 3.63) is 45.4 Å². The number of hydrogen-bond donors (Lipinski definition) is 1. The summed E-state index contributed by atoms with van der Waals surface area (Å²) in [6, 6.07) is 7.02. The van der Waals surface area contributed by atoms with Crippen LogP contribution in [0, 0.1) is 10.8 Å². The normalized spacial score (nSPS) is 23.1. The number of likely N-dealkylation sites (tertiary alicyclic amines) is 1. The smallest absolute Gasteiger partial charge is 0.322 e. The molecule has 1 aromatic heterocycles. The third-order valence-electron chi connectivity index (χ3n) is 6.70. The minimum atomic E-state index is -0.272. The van der Waals surface area contributed by atoms with E-state index in [0.717, 1.165) is 30.8 Å². The Bertz CT molecular complexity index is 1060. The lowest BCUT2D eigenvalue weighted by atomic mass is 9.65. The molecule has 1 N–H and O–H groups in total. The molecule has 2 bridgehead atoms. The zero-order valence-electron chi connectivity index (χ0n) is 20.3. The summed E-state index contributed by atoms with van der Waals surface area (Å²) in [5.41, 5.74) is 1.51. The van der Waals surface area contributed by atoms with Crippen molar-refractivity contribution >= 4 is 40.6 Å². The minimum Gasteiger partial charge on any atom is -0.383 e. The van der Waals surface area contributed by atoms with E-state index in [-0.39, 0.29) is 28.8 Å². The summed E-state index contributed by atoms with van der Waals surface area (Å²) in [7, 11) is 1.60. The Kier molecular flexibility index (Phi) is 7.22. The number of fused-ring (bicyclic) bond motifs is 2. The second kappa shape index (κ2) is 9.84. The molecule has 184 valence electrons. The molecule has 1 aromatic carbocycles. The van der Waals surface area contributed by atoms with Gasteiger partial charge in [-0.2, -0.15) is 0 Å². The minimum absolute atomic E-state index is 0.000690. The van der Waals surface area contributed by atoms with Crippen molar-refractivity contribution < 1.29 is 14.3 Å². The number of halogens is 1. The third kappa shape index (κ3) is 5.73. The molecule has 1 aliphatic carbocycles. The highest BCUT2D eigenvalue weighted by Crippen LogP contribution is 2.52. The number of amides is 3. The number of ether oxygens (including phenoxy) is 1. The predicted molar refractivity (Wildman–Crippen MR) is 135 cm³/mol. The largest absolute Gasteiger partial charge is 0.383 e. The Balaban J connectivity index is 1.44. The lowest BCUT2D eigenvalue weighted by molar-refractivity contribution is 0.0703. The first-order valence-electron chi connectivity index (χ1n) is 11.6. The molecule has 3 amide bonds. The highest BCUT2D eigenvalue weighted by molar-refractivity contribution is 7.09. The highest BCUT2D eigenvalue weighted by atomic mass is 35.5. The summed E-state index contributed by atoms with van der Waals surface area (Å²) in [5, 5.41) is 5.95. The van der Waals surface area contributed by atoms with Crippen LogP contribution in [0.3, 0.4) is 0 Å². The van der Waals surface area contributed by atoms with Crippen LogP contribution in [-0.2, 0) is 11.3 Å². The molecule has 7 nitrogen and oxygen atoms in total. The van der Waals surface area contributed by atoms with Crippen molar-refractivity contribution in [2.24, 2.45) is 10.8 Å². The van der Waals surface area contributed by atoms with Gasteiger partial charge in [0, 0.05) is 42.3 Å². The molecule has 2 unspecified atom stereocenters. The zero-order valence-corrected chi connectivity index (χ0v) is 21.8. The summed E-state index contributed by atoms with van der Waals surface area (Å²) < 4.78 is 5.19. The van der Waals surface area contributed by atoms with Gasteiger partial charge in [0.25, 0.3) is 5.91 Å². The number of aromatic nitrogens is 1. The summed E-state index contributed by atoms with van der Waals surface area (Å²) in [5.74, 6) is 0.000690. The second-order valence-electron chi connectivity index (χ2n) is 10.6. The fraction of sp³-hybridized carbons (Fsp3) is 0.560. The van der Waals surface area contributed by atoms with Crippen molar-refractivity contribution in [3.8, 4) is 0 Å². The number of rotatable bonds is 7. The number of nitrogens with zero attached hydrogens (tertiary/aromatic N) is 3. The molecule has 0 radical (unpaired) electrons. The quantitative estimate of drug-likeness (QED) is 0.539. The first-order valence-corrected chi connectivity index (χ1v) is 12.9. The molecule has 2 fully saturated rings. The molecule has 4 rings (SSSR count). The number of carbonyl (C=O) groups is 2. The van der Waals surface area contributed by atoms with Gasteiger partial charge in [-0.1, -0.05) is 38.4 Å². The molecule has 2 atom stereocenters. The predicted octanol–water partition coefficient (Wildman–Crippen LogP) is 5.52. The number of anilines is 1. The standard InChI is InChI=1S/C25H33ClN4O3S/c1-24(2)11-19-12-25(3,15-24)16-30(19)22(31)20-14-34-21(28-20)13-29(8-9-33-4)23(32)27-18-7-5-6-17(26)10-18/h5-7,10,14,19H,8-9,11-13,15-16H2,1-4H3,(H,27,32). The molecule has 34 heavy (non-hydrogen) atoms. The van der Waals surface area contributed by atoms with E-state index in [2.05, 4.69) is 31.1 Å². The van der Waals surface area contributed by atoms with Crippen LogP contribution in [0.4, 0.5) is 10.5 Å². The fourth-order valence-corrected chi connectivity index (χ4v) is 6.69. The summed E-state index contributed by atoms with van der Waals surface area (Å²) in [6.45, 7) is 8.77. The van der Waals surface area contributed by atoms with Crippen LogP contribution in [0.2, 0.25) is 5.02 Å². The van der Waals surface area contributed by atoms with Crippen LogP contribution in [0.5, 0.6) is 0 Å². The maximum atomic E-state index is 13.4. The average Bonchev–Trinajstić information content (AvgIpc) is 3.31. The van der Waals surface area contributed by atoms with Gasteiger partial charge in [-0.05, 0) is 48.3 Å². The molecule has 1 aliphatic heterocycles. The number of nitrogens with one attached hydrogen (secondary N) is 1. The van der Waals surface area contributed by atoms with E-state index in [9.17, 15) is 9.59 Å². The Hall–Kier alpha value is -2.16. The summed E-state index contributed by atoms with van der Waals surface area (Å²) in [6.07, 6.45) is 3.23. The van der Waals surface area contributed by atoms with Crippen molar-refractivity contribution in [2.75, 3.05) is 32.1 Å². The van der Waals surface area contributed by atoms with Crippen LogP contribution >= 0.6 is 22.9 Å². The van der Waals surface area contributed by atoms with Gasteiger partial charge in [0.05, 0.1) is 13.2 Å². The van der Waals surface area contributed by atoms with Crippen LogP contribution in [-0.4, -0.2) is 59.6 Å². The van der Waals surface area contributed by atoms with E-state index in [1.807, 2.05) is 10.3 Å². The third-order valence-corrected chi connectivity index (χ3v) is 7.77. The maximum Gasteiger partial charge on any atom is 0.322 e. The molecule has 9 heteroatoms. The van der Waals surface area contributed by atoms with Crippen molar-refractivity contribution in [1.29, 1.82) is 0 Å². The van der Waals surface area contributed by atoms with Crippen LogP contribution in [0.25, 0.3) is 0 Å². The molecule has 2 heterocycles. The monoisotopic (exact) mass is 504 g/mol. The van der Waals surface area contributed by atoms with E-state index < -0.39 is 0 Å². The molecule has 1 saturated carbocycles. The number of thiazole rings is 1. The Morgan fingerprint density at radius 3 is 2.85 bits per heavy atom. The summed E-state index contributed by atoms with van der Waals surface area (Å²) >= 11 is 7.44. The van der Waals surface area contributed by atoms with Gasteiger partial charge in [-0.15, -0.1) is 11.3 Å². The van der Waals surface area contributed by atoms with Gasteiger partial charge in [0.15, 0.2) is 0 Å². The van der Waals surface area contributed by atoms with Gasteiger partial charge in [-0.3, -0.25) is 4.79 Å². The van der Waals surface area contributed by atoms with Crippen molar-refractivity contribution in [3.63, 3.8) is 0 Å². The van der Waals surface area contributed by atoms with Crippen LogP contribution in [0.1, 0.15) is 55.5 Å². The molecule has 1 saturated heterocycles. The zero-order chi connectivity index (χ0) is 24.5. The van der Waals surface area contributed by atoms with Crippen LogP contribution < -0.4 is 5.32 Å². The number of urea groups is 1. The number of methoxy groups -OCH3 is 1. The molecule has 2 aliphatic rings. The lowest BCUT2D eigenvalue weighted by Crippen LogP contribution is -2.38. The number of benzene rings is 1. The fourth-order valence-electron chi connectivity index (χ4n) is 5.71. The Morgan fingerprint density at radius 1 is 1.32 bits per heavy atom. The van der Waals surface area contributed by atoms with E-state index in [4.69, 9.17) is 16.3 Å². The first-order chi connectivity index (χ1) is 16.1. The average molecular weight is 505 g/mol. The van der Waals surface area contributed by atoms with E-state index in [1.165, 1.54) is 11.3 Å². The number of carbonyl (C=O) groups excluding carboxylic acids is 2. The van der Waals surface area contributed by atoms with Gasteiger partial charge in [0.1, 0.15) is 10.7 Å². The summed E-state index contributed by atoms with van der Waals surface area (Å²) in [4.78, 5) is 34.6. The van der Waals surface area contributed by atoms with Crippen molar-refractivity contribution in [2.45, 2.75) is 52.6 Å². The molecule has 0 spiro atoms. The maximum absolute atomic E-state index is 13.4. The lowest BCUT2D eigenvalue weighted by Gasteiger charge is -2.39. The molecule has 2 aromatic rings. The molecular formula is C25H33ClN4O3S. The van der Waals surface area contributed by atoms with Gasteiger partial charge >= 0.3 is 6.03 Å². The van der Waals surface area contributed by atoms with Gasteiger partial charge < -0.3 is 19.9 Å². The topological polar surface area (TPSA) is 74.8 Å². The second-order valence-corrected chi connectivity index (χ2v) is 12.0. The van der Waals surface area contributed by atoms with E-state index in [0.29, 0.717) is 36.1 Å². The first kappa shape index (κ1) is 24.9. The van der Waals surface area contributed by atoms with Gasteiger partial charge in [-0.25, -0.2) is 9.78 Å². The SMILES string of the molecule is COCCN(Cc1nc(C(=O)N2CC3(C)CC2CC(C)(C)C3)cs1)C(=O)Nc1cccc(Cl)c1. The van der Waals surface area contributed by atoms with Crippen LogP contribution in [0.15, 0.2) is 29.6 Å². The number of hydrogen-bond acceptors (Lipinski definition) is 5. The highest BCUT2D eigenvalue weighted by Gasteiger charge is 2.51. The van der Waals surface area contributed by atoms with Gasteiger partial charge in [0.2, 0.25) is 0 Å². The van der Waals surface area contributed by atoms with Crippen molar-refractivity contribution in [1.82, 2.24) is 14.8 Å². The van der Waals surface area contributed by atoms with E-state index in [1.54, 1.807) is 36.3 Å². The van der Waals surface area contributed by atoms with E-state index >= 15 is 0 Å².